The van der Waals surface area contributed by atoms with E-state index in [1.807, 2.05) is 53.7 Å². The van der Waals surface area contributed by atoms with Gasteiger partial charge in [-0.3, -0.25) is 4.79 Å². The summed E-state index contributed by atoms with van der Waals surface area (Å²) >= 11 is 0. The summed E-state index contributed by atoms with van der Waals surface area (Å²) in [4.78, 5) is 11.8. The Labute approximate surface area is 187 Å². The molecule has 0 amide bonds. The summed E-state index contributed by atoms with van der Waals surface area (Å²) in [6, 6.07) is 8.15. The van der Waals surface area contributed by atoms with E-state index in [-0.39, 0.29) is 17.4 Å². The van der Waals surface area contributed by atoms with Gasteiger partial charge in [0.2, 0.25) is 0 Å². The highest BCUT2D eigenvalue weighted by molar-refractivity contribution is 5.79. The third-order valence-corrected chi connectivity index (χ3v) is 4.89. The molecule has 7 heteroatoms. The van der Waals surface area contributed by atoms with Crippen LogP contribution in [0.15, 0.2) is 36.4 Å². The average molecular weight is 450 g/mol. The zero-order valence-electron chi connectivity index (χ0n) is 19.6. The van der Waals surface area contributed by atoms with Crippen molar-refractivity contribution in [1.82, 2.24) is 0 Å². The standard InChI is InChI=1S/C25H30F3NO3/c1-16(30)32-22-20(23(2,3)4)12-18(13-21(22)24(5,6)7)15-29(31)14-17-8-10-19(11-9-17)25(26,27)28/h8-13,15H,14H2,1-7H3. The molecule has 2 rings (SSSR count). The number of rotatable bonds is 4. The Bertz CT molecular complexity index is 974. The number of halogens is 3. The normalized spacial score (nSPS) is 13.2. The van der Waals surface area contributed by atoms with E-state index in [9.17, 15) is 23.2 Å². The van der Waals surface area contributed by atoms with Crippen LogP contribution in [0.4, 0.5) is 13.2 Å². The molecule has 4 nitrogen and oxygen atoms in total. The molecule has 0 N–H and O–H groups in total. The van der Waals surface area contributed by atoms with Gasteiger partial charge in [-0.05, 0) is 35.1 Å². The second kappa shape index (κ2) is 8.96. The van der Waals surface area contributed by atoms with E-state index in [1.165, 1.54) is 25.3 Å². The first-order chi connectivity index (χ1) is 14.5. The van der Waals surface area contributed by atoms with Gasteiger partial charge in [-0.15, -0.1) is 0 Å². The lowest BCUT2D eigenvalue weighted by molar-refractivity contribution is -0.469. The Morgan fingerprint density at radius 2 is 1.44 bits per heavy atom. The molecule has 2 aromatic rings. The van der Waals surface area contributed by atoms with Gasteiger partial charge in [0.05, 0.1) is 5.56 Å². The smallest absolute Gasteiger partial charge is 0.416 e. The maximum absolute atomic E-state index is 12.7. The molecule has 0 aliphatic carbocycles. The number of benzene rings is 2. The number of nitrogens with zero attached hydrogens (tertiary/aromatic N) is 1. The summed E-state index contributed by atoms with van der Waals surface area (Å²) in [5, 5.41) is 12.6. The molecule has 174 valence electrons. The maximum Gasteiger partial charge on any atom is 0.416 e. The van der Waals surface area contributed by atoms with Crippen LogP contribution in [0.25, 0.3) is 0 Å². The largest absolute Gasteiger partial charge is 0.624 e. The highest BCUT2D eigenvalue weighted by atomic mass is 19.4. The first-order valence-corrected chi connectivity index (χ1v) is 10.3. The van der Waals surface area contributed by atoms with Gasteiger partial charge < -0.3 is 9.94 Å². The molecule has 2 aromatic carbocycles. The van der Waals surface area contributed by atoms with Crippen molar-refractivity contribution in [3.63, 3.8) is 0 Å². The number of alkyl halides is 3. The van der Waals surface area contributed by atoms with Crippen molar-refractivity contribution in [3.8, 4) is 5.75 Å². The van der Waals surface area contributed by atoms with Crippen molar-refractivity contribution in [1.29, 1.82) is 0 Å². The van der Waals surface area contributed by atoms with Gasteiger partial charge in [-0.2, -0.15) is 13.2 Å². The highest BCUT2D eigenvalue weighted by Gasteiger charge is 2.30. The molecule has 0 heterocycles. The van der Waals surface area contributed by atoms with E-state index in [4.69, 9.17) is 4.74 Å². The quantitative estimate of drug-likeness (QED) is 0.136. The van der Waals surface area contributed by atoms with E-state index in [1.54, 1.807) is 0 Å². The van der Waals surface area contributed by atoms with Crippen LogP contribution in [0.5, 0.6) is 5.75 Å². The summed E-state index contributed by atoms with van der Waals surface area (Å²) in [7, 11) is 0. The summed E-state index contributed by atoms with van der Waals surface area (Å²) < 4.78 is 44.5. The molecular formula is C25H30F3NO3. The summed E-state index contributed by atoms with van der Waals surface area (Å²) in [6.45, 7) is 13.2. The fourth-order valence-corrected chi connectivity index (χ4v) is 3.28. The molecule has 0 unspecified atom stereocenters. The summed E-state index contributed by atoms with van der Waals surface area (Å²) in [6.07, 6.45) is -3.02. The van der Waals surface area contributed by atoms with Crippen LogP contribution in [-0.4, -0.2) is 16.9 Å². The molecule has 0 aliphatic rings. The Kier molecular flexibility index (Phi) is 7.12. The van der Waals surface area contributed by atoms with E-state index in [0.29, 0.717) is 21.6 Å². The number of hydroxylamine groups is 1. The molecule has 32 heavy (non-hydrogen) atoms. The second-order valence-electron chi connectivity index (χ2n) is 9.94. The Balaban J connectivity index is 2.50. The predicted octanol–water partition coefficient (Wildman–Crippen LogP) is 6.36. The Morgan fingerprint density at radius 1 is 0.969 bits per heavy atom. The van der Waals surface area contributed by atoms with Crippen LogP contribution < -0.4 is 4.74 Å². The number of carbonyl (C=O) groups is 1. The minimum Gasteiger partial charge on any atom is -0.624 e. The lowest BCUT2D eigenvalue weighted by Gasteiger charge is -2.29. The van der Waals surface area contributed by atoms with Gasteiger partial charge in [0.15, 0.2) is 12.8 Å². The minimum absolute atomic E-state index is 0.0977. The number of hydrogen-bond donors (Lipinski definition) is 0. The lowest BCUT2D eigenvalue weighted by Crippen LogP contribution is -2.22. The van der Waals surface area contributed by atoms with Crippen molar-refractivity contribution in [3.05, 3.63) is 69.4 Å². The minimum atomic E-state index is -4.42. The van der Waals surface area contributed by atoms with Crippen LogP contribution in [-0.2, 0) is 28.3 Å². The van der Waals surface area contributed by atoms with Crippen molar-refractivity contribution in [2.24, 2.45) is 0 Å². The number of carbonyl (C=O) groups excluding carboxylic acids is 1. The molecule has 0 radical (unpaired) electrons. The van der Waals surface area contributed by atoms with Crippen molar-refractivity contribution < 1.29 is 27.4 Å². The zero-order chi connectivity index (χ0) is 24.5. The molecule has 0 bridgehead atoms. The lowest BCUT2D eigenvalue weighted by atomic mass is 9.78. The van der Waals surface area contributed by atoms with Gasteiger partial charge in [-0.1, -0.05) is 53.7 Å². The van der Waals surface area contributed by atoms with Gasteiger partial charge in [-0.25, -0.2) is 4.74 Å². The number of hydrogen-bond acceptors (Lipinski definition) is 3. The predicted molar refractivity (Wildman–Crippen MR) is 119 cm³/mol. The van der Waals surface area contributed by atoms with Crippen molar-refractivity contribution >= 4 is 12.2 Å². The molecule has 0 saturated heterocycles. The van der Waals surface area contributed by atoms with E-state index in [2.05, 4.69) is 0 Å². The molecular weight excluding hydrogens is 419 g/mol. The second-order valence-corrected chi connectivity index (χ2v) is 9.94. The van der Waals surface area contributed by atoms with Crippen molar-refractivity contribution in [2.75, 3.05) is 0 Å². The Morgan fingerprint density at radius 3 is 1.81 bits per heavy atom. The molecule has 0 fully saturated rings. The summed E-state index contributed by atoms with van der Waals surface area (Å²) in [5.41, 5.74) is 1.17. The van der Waals surface area contributed by atoms with Gasteiger partial charge in [0, 0.05) is 29.2 Å². The maximum atomic E-state index is 12.7. The highest BCUT2D eigenvalue weighted by Crippen LogP contribution is 2.40. The number of ether oxygens (including phenoxy) is 1. The molecule has 0 spiro atoms. The van der Waals surface area contributed by atoms with Crippen LogP contribution in [0, 0.1) is 5.21 Å². The topological polar surface area (TPSA) is 52.4 Å². The van der Waals surface area contributed by atoms with Gasteiger partial charge in [0.1, 0.15) is 5.75 Å². The molecule has 0 saturated carbocycles. The first kappa shape index (κ1) is 25.4. The van der Waals surface area contributed by atoms with Crippen molar-refractivity contribution in [2.45, 2.75) is 72.0 Å². The molecule has 0 aromatic heterocycles. The SMILES string of the molecule is CC(=O)Oc1c(C(C)(C)C)cc(C=[N+]([O-])Cc2ccc(C(F)(F)F)cc2)cc1C(C)(C)C. The van der Waals surface area contributed by atoms with Crippen LogP contribution in [0.1, 0.15) is 76.3 Å². The third-order valence-electron chi connectivity index (χ3n) is 4.89. The third kappa shape index (κ3) is 6.58. The van der Waals surface area contributed by atoms with E-state index < -0.39 is 17.7 Å². The number of esters is 1. The van der Waals surface area contributed by atoms with E-state index in [0.717, 1.165) is 23.3 Å². The van der Waals surface area contributed by atoms with Gasteiger partial charge >= 0.3 is 12.1 Å². The first-order valence-electron chi connectivity index (χ1n) is 10.3. The van der Waals surface area contributed by atoms with Crippen LogP contribution in [0.2, 0.25) is 0 Å². The van der Waals surface area contributed by atoms with Gasteiger partial charge in [0.25, 0.3) is 0 Å². The fraction of sp³-hybridized carbons (Fsp3) is 0.440. The van der Waals surface area contributed by atoms with Crippen LogP contribution in [0.3, 0.4) is 0 Å². The molecule has 0 atom stereocenters. The van der Waals surface area contributed by atoms with E-state index >= 15 is 0 Å². The molecule has 0 aliphatic heterocycles. The fourth-order valence-electron chi connectivity index (χ4n) is 3.28. The van der Waals surface area contributed by atoms with Crippen LogP contribution >= 0.6 is 0 Å². The zero-order valence-corrected chi connectivity index (χ0v) is 19.6. The Hall–Kier alpha value is -2.83. The average Bonchev–Trinajstić information content (AvgIpc) is 2.60. The monoisotopic (exact) mass is 449 g/mol. The summed E-state index contributed by atoms with van der Waals surface area (Å²) in [5.74, 6) is 0.0697.